The van der Waals surface area contributed by atoms with Crippen LogP contribution in [0.1, 0.15) is 34.5 Å². The van der Waals surface area contributed by atoms with Gasteiger partial charge in [0.1, 0.15) is 6.07 Å². The van der Waals surface area contributed by atoms with Crippen LogP contribution in [0.4, 0.5) is 8.78 Å². The van der Waals surface area contributed by atoms with E-state index in [1.54, 1.807) is 13.8 Å². The van der Waals surface area contributed by atoms with Crippen LogP contribution in [-0.4, -0.2) is 4.98 Å². The minimum Gasteiger partial charge on any atom is -0.256 e. The molecule has 0 spiro atoms. The van der Waals surface area contributed by atoms with Gasteiger partial charge in [-0.05, 0) is 25.8 Å². The first-order valence-corrected chi connectivity index (χ1v) is 4.76. The average Bonchev–Trinajstić information content (AvgIpc) is 2.42. The Morgan fingerprint density at radius 3 is 2.67 bits per heavy atom. The van der Waals surface area contributed by atoms with E-state index < -0.39 is 5.92 Å². The summed E-state index contributed by atoms with van der Waals surface area (Å²) in [5, 5.41) is 8.87. The number of pyridine rings is 1. The molecule has 0 N–H and O–H groups in total. The van der Waals surface area contributed by atoms with Crippen molar-refractivity contribution in [3.05, 3.63) is 28.1 Å². The molecule has 15 heavy (non-hydrogen) atoms. The second-order valence-electron chi connectivity index (χ2n) is 3.84. The molecule has 0 radical (unpaired) electrons. The average molecular weight is 208 g/mol. The van der Waals surface area contributed by atoms with Gasteiger partial charge in [-0.3, -0.25) is 4.98 Å². The van der Waals surface area contributed by atoms with Crippen molar-refractivity contribution in [2.45, 2.75) is 32.6 Å². The number of aryl methyl sites for hydroxylation is 2. The van der Waals surface area contributed by atoms with Crippen molar-refractivity contribution in [1.82, 2.24) is 4.98 Å². The second-order valence-corrected chi connectivity index (χ2v) is 3.84. The molecule has 2 nitrogen and oxygen atoms in total. The fourth-order valence-electron chi connectivity index (χ4n) is 2.16. The number of fused-ring (bicyclic) bond motifs is 1. The van der Waals surface area contributed by atoms with Crippen molar-refractivity contribution in [2.24, 2.45) is 0 Å². The van der Waals surface area contributed by atoms with Gasteiger partial charge < -0.3 is 0 Å². The first-order chi connectivity index (χ1) is 6.97. The zero-order valence-electron chi connectivity index (χ0n) is 8.56. The zero-order chi connectivity index (χ0) is 11.2. The monoisotopic (exact) mass is 208 g/mol. The topological polar surface area (TPSA) is 36.7 Å². The Morgan fingerprint density at radius 1 is 1.40 bits per heavy atom. The van der Waals surface area contributed by atoms with Crippen LogP contribution < -0.4 is 0 Å². The minimum absolute atomic E-state index is 0.0235. The van der Waals surface area contributed by atoms with Crippen molar-refractivity contribution < 1.29 is 8.78 Å². The van der Waals surface area contributed by atoms with E-state index in [-0.39, 0.29) is 17.5 Å². The molecular formula is C11H10F2N2. The molecule has 0 fully saturated rings. The highest BCUT2D eigenvalue weighted by Crippen LogP contribution is 2.43. The molecule has 1 aromatic heterocycles. The van der Waals surface area contributed by atoms with E-state index in [0.717, 1.165) is 0 Å². The fraction of sp³-hybridized carbons (Fsp3) is 0.455. The van der Waals surface area contributed by atoms with Gasteiger partial charge in [-0.2, -0.15) is 5.26 Å². The summed E-state index contributed by atoms with van der Waals surface area (Å²) >= 11 is 0. The summed E-state index contributed by atoms with van der Waals surface area (Å²) < 4.78 is 27.0. The first kappa shape index (κ1) is 10.0. The smallest absolute Gasteiger partial charge is 0.256 e. The molecule has 0 bridgehead atoms. The summed E-state index contributed by atoms with van der Waals surface area (Å²) in [6.07, 6.45) is 0.111. The molecule has 1 aromatic rings. The largest absolute Gasteiger partial charge is 0.275 e. The number of alkyl halides is 2. The SMILES string of the molecule is Cc1nc2c(c(C)c1C#N)C(F)(F)CC2. The van der Waals surface area contributed by atoms with Crippen LogP contribution in [0.3, 0.4) is 0 Å². The van der Waals surface area contributed by atoms with Gasteiger partial charge in [0.2, 0.25) is 0 Å². The third-order valence-corrected chi connectivity index (χ3v) is 2.86. The molecule has 4 heteroatoms. The number of halogens is 2. The molecule has 0 atom stereocenters. The highest BCUT2D eigenvalue weighted by atomic mass is 19.3. The van der Waals surface area contributed by atoms with Crippen LogP contribution in [0.25, 0.3) is 0 Å². The molecule has 0 aliphatic heterocycles. The number of nitriles is 1. The number of aromatic nitrogens is 1. The van der Waals surface area contributed by atoms with Gasteiger partial charge in [-0.1, -0.05) is 0 Å². The molecule has 0 saturated heterocycles. The number of hydrogen-bond donors (Lipinski definition) is 0. The normalized spacial score (nSPS) is 17.3. The predicted molar refractivity (Wildman–Crippen MR) is 50.6 cm³/mol. The Kier molecular flexibility index (Phi) is 2.00. The molecular weight excluding hydrogens is 198 g/mol. The van der Waals surface area contributed by atoms with Gasteiger partial charge in [-0.25, -0.2) is 8.78 Å². The van der Waals surface area contributed by atoms with Crippen LogP contribution in [0.5, 0.6) is 0 Å². The van der Waals surface area contributed by atoms with Gasteiger partial charge in [0, 0.05) is 12.0 Å². The lowest BCUT2D eigenvalue weighted by atomic mass is 10.00. The molecule has 1 aliphatic carbocycles. The Balaban J connectivity index is 2.77. The summed E-state index contributed by atoms with van der Waals surface area (Å²) in [4.78, 5) is 4.08. The number of rotatable bonds is 0. The molecule has 0 unspecified atom stereocenters. The predicted octanol–water partition coefficient (Wildman–Crippen LogP) is 2.61. The van der Waals surface area contributed by atoms with Crippen LogP contribution >= 0.6 is 0 Å². The van der Waals surface area contributed by atoms with Crippen LogP contribution in [0.2, 0.25) is 0 Å². The van der Waals surface area contributed by atoms with E-state index in [1.165, 1.54) is 0 Å². The standard InChI is InChI=1S/C11H10F2N2/c1-6-8(5-14)7(2)15-9-3-4-11(12,13)10(6)9/h3-4H2,1-2H3. The van der Waals surface area contributed by atoms with E-state index in [9.17, 15) is 8.78 Å². The van der Waals surface area contributed by atoms with E-state index in [1.807, 2.05) is 6.07 Å². The zero-order valence-corrected chi connectivity index (χ0v) is 8.56. The Hall–Kier alpha value is -1.50. The first-order valence-electron chi connectivity index (χ1n) is 4.76. The molecule has 1 heterocycles. The van der Waals surface area contributed by atoms with Gasteiger partial charge >= 0.3 is 0 Å². The quantitative estimate of drug-likeness (QED) is 0.657. The number of hydrogen-bond acceptors (Lipinski definition) is 2. The van der Waals surface area contributed by atoms with Crippen molar-refractivity contribution in [1.29, 1.82) is 5.26 Å². The summed E-state index contributed by atoms with van der Waals surface area (Å²) in [6.45, 7) is 3.26. The lowest BCUT2D eigenvalue weighted by Gasteiger charge is -2.14. The molecule has 0 aromatic carbocycles. The van der Waals surface area contributed by atoms with Crippen LogP contribution in [0, 0.1) is 25.2 Å². The fourth-order valence-corrected chi connectivity index (χ4v) is 2.16. The summed E-state index contributed by atoms with van der Waals surface area (Å²) in [5.74, 6) is -2.81. The molecule has 0 amide bonds. The molecule has 1 aliphatic rings. The lowest BCUT2D eigenvalue weighted by Crippen LogP contribution is -2.12. The van der Waals surface area contributed by atoms with Crippen molar-refractivity contribution >= 4 is 0 Å². The van der Waals surface area contributed by atoms with Gasteiger partial charge in [0.05, 0.1) is 17.0 Å². The van der Waals surface area contributed by atoms with Crippen molar-refractivity contribution in [3.8, 4) is 6.07 Å². The van der Waals surface area contributed by atoms with Gasteiger partial charge in [-0.15, -0.1) is 0 Å². The third kappa shape index (κ3) is 1.30. The summed E-state index contributed by atoms with van der Waals surface area (Å²) in [5.41, 5.74) is 1.66. The van der Waals surface area contributed by atoms with E-state index in [4.69, 9.17) is 5.26 Å². The Labute approximate surface area is 86.6 Å². The van der Waals surface area contributed by atoms with E-state index in [2.05, 4.69) is 4.98 Å². The maximum atomic E-state index is 13.5. The Bertz CT molecular complexity index is 472. The second kappa shape index (κ2) is 2.99. The molecule has 78 valence electrons. The van der Waals surface area contributed by atoms with Crippen molar-refractivity contribution in [2.75, 3.05) is 0 Å². The van der Waals surface area contributed by atoms with Crippen molar-refractivity contribution in [3.63, 3.8) is 0 Å². The van der Waals surface area contributed by atoms with Gasteiger partial charge in [0.25, 0.3) is 5.92 Å². The van der Waals surface area contributed by atoms with E-state index in [0.29, 0.717) is 23.4 Å². The maximum Gasteiger partial charge on any atom is 0.275 e. The van der Waals surface area contributed by atoms with Crippen LogP contribution in [-0.2, 0) is 12.3 Å². The lowest BCUT2D eigenvalue weighted by molar-refractivity contribution is -0.00244. The highest BCUT2D eigenvalue weighted by Gasteiger charge is 2.42. The summed E-state index contributed by atoms with van der Waals surface area (Å²) in [6, 6.07) is 1.94. The maximum absolute atomic E-state index is 13.5. The van der Waals surface area contributed by atoms with Crippen LogP contribution in [0.15, 0.2) is 0 Å². The van der Waals surface area contributed by atoms with Gasteiger partial charge in [0.15, 0.2) is 0 Å². The third-order valence-electron chi connectivity index (χ3n) is 2.86. The number of nitrogens with zero attached hydrogens (tertiary/aromatic N) is 2. The molecule has 2 rings (SSSR count). The Morgan fingerprint density at radius 2 is 2.07 bits per heavy atom. The minimum atomic E-state index is -2.81. The summed E-state index contributed by atoms with van der Waals surface area (Å²) in [7, 11) is 0. The highest BCUT2D eigenvalue weighted by molar-refractivity contribution is 5.49. The van der Waals surface area contributed by atoms with E-state index >= 15 is 0 Å². The molecule has 0 saturated carbocycles.